The van der Waals surface area contributed by atoms with E-state index in [9.17, 15) is 4.79 Å². The SMILES string of the molecule is CCCC(C(=O)Nc1ccccc1C)/C(N)=N/O. The van der Waals surface area contributed by atoms with E-state index in [1.165, 1.54) is 0 Å². The molecule has 0 bridgehead atoms. The average Bonchev–Trinajstić information content (AvgIpc) is 2.37. The molecule has 0 fully saturated rings. The molecule has 0 aliphatic heterocycles. The minimum Gasteiger partial charge on any atom is -0.409 e. The van der Waals surface area contributed by atoms with E-state index < -0.39 is 5.92 Å². The Labute approximate surface area is 107 Å². The van der Waals surface area contributed by atoms with Gasteiger partial charge >= 0.3 is 0 Å². The summed E-state index contributed by atoms with van der Waals surface area (Å²) in [7, 11) is 0. The zero-order valence-electron chi connectivity index (χ0n) is 10.7. The molecule has 1 atom stereocenters. The fourth-order valence-corrected chi connectivity index (χ4v) is 1.70. The summed E-state index contributed by atoms with van der Waals surface area (Å²) < 4.78 is 0. The summed E-state index contributed by atoms with van der Waals surface area (Å²) in [5, 5.41) is 14.4. The summed E-state index contributed by atoms with van der Waals surface area (Å²) >= 11 is 0. The first-order valence-electron chi connectivity index (χ1n) is 5.94. The van der Waals surface area contributed by atoms with Crippen molar-refractivity contribution < 1.29 is 10.0 Å². The van der Waals surface area contributed by atoms with Gasteiger partial charge in [-0.25, -0.2) is 0 Å². The van der Waals surface area contributed by atoms with Gasteiger partial charge in [0.25, 0.3) is 0 Å². The second-order valence-corrected chi connectivity index (χ2v) is 4.17. The molecule has 1 aromatic rings. The molecule has 0 aromatic heterocycles. The molecule has 0 spiro atoms. The maximum atomic E-state index is 12.1. The monoisotopic (exact) mass is 249 g/mol. The maximum Gasteiger partial charge on any atom is 0.235 e. The lowest BCUT2D eigenvalue weighted by Crippen LogP contribution is -2.34. The summed E-state index contributed by atoms with van der Waals surface area (Å²) in [6.45, 7) is 3.85. The first-order chi connectivity index (χ1) is 8.60. The van der Waals surface area contributed by atoms with Gasteiger partial charge in [0.15, 0.2) is 5.84 Å². The van der Waals surface area contributed by atoms with Crippen LogP contribution in [0.3, 0.4) is 0 Å². The number of anilines is 1. The number of hydrogen-bond donors (Lipinski definition) is 3. The van der Waals surface area contributed by atoms with Crippen molar-refractivity contribution in [3.05, 3.63) is 29.8 Å². The second kappa shape index (κ2) is 6.64. The molecule has 1 rings (SSSR count). The normalized spacial score (nSPS) is 13.1. The Kier molecular flexibility index (Phi) is 5.17. The van der Waals surface area contributed by atoms with E-state index in [2.05, 4.69) is 10.5 Å². The van der Waals surface area contributed by atoms with Crippen LogP contribution in [0.25, 0.3) is 0 Å². The molecule has 5 heteroatoms. The lowest BCUT2D eigenvalue weighted by Gasteiger charge is -2.15. The number of aryl methyl sites for hydroxylation is 1. The van der Waals surface area contributed by atoms with Crippen molar-refractivity contribution in [2.75, 3.05) is 5.32 Å². The second-order valence-electron chi connectivity index (χ2n) is 4.17. The molecule has 0 saturated carbocycles. The maximum absolute atomic E-state index is 12.1. The minimum absolute atomic E-state index is 0.0528. The van der Waals surface area contributed by atoms with Crippen LogP contribution < -0.4 is 11.1 Å². The van der Waals surface area contributed by atoms with Gasteiger partial charge in [-0.15, -0.1) is 0 Å². The first-order valence-corrected chi connectivity index (χ1v) is 5.94. The Bertz CT molecular complexity index is 444. The van der Waals surface area contributed by atoms with Crippen LogP contribution in [0.15, 0.2) is 29.4 Å². The van der Waals surface area contributed by atoms with Crippen LogP contribution in [-0.4, -0.2) is 17.0 Å². The molecule has 0 saturated heterocycles. The average molecular weight is 249 g/mol. The standard InChI is InChI=1S/C13H19N3O2/c1-3-6-10(12(14)16-18)13(17)15-11-8-5-4-7-9(11)2/h4-5,7-8,10,18H,3,6H2,1-2H3,(H2,14,16)(H,15,17). The van der Waals surface area contributed by atoms with Gasteiger partial charge in [0.05, 0.1) is 5.92 Å². The summed E-state index contributed by atoms with van der Waals surface area (Å²) in [6, 6.07) is 7.48. The van der Waals surface area contributed by atoms with E-state index >= 15 is 0 Å². The molecular weight excluding hydrogens is 230 g/mol. The predicted octanol–water partition coefficient (Wildman–Crippen LogP) is 2.10. The van der Waals surface area contributed by atoms with Crippen molar-refractivity contribution >= 4 is 17.4 Å². The van der Waals surface area contributed by atoms with Gasteiger partial charge in [-0.1, -0.05) is 36.7 Å². The van der Waals surface area contributed by atoms with Crippen LogP contribution in [0.4, 0.5) is 5.69 Å². The largest absolute Gasteiger partial charge is 0.409 e. The summed E-state index contributed by atoms with van der Waals surface area (Å²) in [4.78, 5) is 12.1. The third-order valence-corrected chi connectivity index (χ3v) is 2.77. The smallest absolute Gasteiger partial charge is 0.235 e. The van der Waals surface area contributed by atoms with Crippen LogP contribution in [0.1, 0.15) is 25.3 Å². The van der Waals surface area contributed by atoms with Crippen LogP contribution >= 0.6 is 0 Å². The molecule has 4 N–H and O–H groups in total. The number of carbonyl (C=O) groups excluding carboxylic acids is 1. The predicted molar refractivity (Wildman–Crippen MR) is 71.6 cm³/mol. The van der Waals surface area contributed by atoms with Crippen LogP contribution in [-0.2, 0) is 4.79 Å². The number of carbonyl (C=O) groups is 1. The summed E-state index contributed by atoms with van der Waals surface area (Å²) in [6.07, 6.45) is 1.33. The molecule has 1 amide bonds. The highest BCUT2D eigenvalue weighted by Gasteiger charge is 2.22. The van der Waals surface area contributed by atoms with Gasteiger partial charge in [-0.05, 0) is 25.0 Å². The van der Waals surface area contributed by atoms with E-state index in [1.807, 2.05) is 38.1 Å². The van der Waals surface area contributed by atoms with E-state index in [1.54, 1.807) is 0 Å². The number of nitrogens with one attached hydrogen (secondary N) is 1. The molecule has 1 unspecified atom stereocenters. The minimum atomic E-state index is -0.598. The number of para-hydroxylation sites is 1. The third-order valence-electron chi connectivity index (χ3n) is 2.77. The lowest BCUT2D eigenvalue weighted by atomic mass is 10.0. The molecule has 0 aliphatic carbocycles. The molecule has 1 aromatic carbocycles. The van der Waals surface area contributed by atoms with Crippen LogP contribution in [0.5, 0.6) is 0 Å². The lowest BCUT2D eigenvalue weighted by molar-refractivity contribution is -0.118. The Morgan fingerprint density at radius 1 is 1.50 bits per heavy atom. The van der Waals surface area contributed by atoms with Crippen molar-refractivity contribution in [3.8, 4) is 0 Å². The van der Waals surface area contributed by atoms with E-state index in [0.717, 1.165) is 17.7 Å². The highest BCUT2D eigenvalue weighted by molar-refractivity contribution is 6.07. The number of rotatable bonds is 5. The van der Waals surface area contributed by atoms with Crippen LogP contribution in [0.2, 0.25) is 0 Å². The zero-order valence-corrected chi connectivity index (χ0v) is 10.7. The molecule has 0 radical (unpaired) electrons. The fraction of sp³-hybridized carbons (Fsp3) is 0.385. The van der Waals surface area contributed by atoms with E-state index in [0.29, 0.717) is 6.42 Å². The van der Waals surface area contributed by atoms with Gasteiger partial charge in [-0.2, -0.15) is 0 Å². The molecule has 18 heavy (non-hydrogen) atoms. The number of hydrogen-bond acceptors (Lipinski definition) is 3. The van der Waals surface area contributed by atoms with E-state index in [4.69, 9.17) is 10.9 Å². The fourth-order valence-electron chi connectivity index (χ4n) is 1.70. The van der Waals surface area contributed by atoms with Gasteiger partial charge in [0.1, 0.15) is 0 Å². The number of oxime groups is 1. The quantitative estimate of drug-likeness (QED) is 0.323. The van der Waals surface area contributed by atoms with Gasteiger partial charge in [0.2, 0.25) is 5.91 Å². The topological polar surface area (TPSA) is 87.7 Å². The first kappa shape index (κ1) is 14.0. The highest BCUT2D eigenvalue weighted by Crippen LogP contribution is 2.16. The van der Waals surface area contributed by atoms with Gasteiger partial charge in [0, 0.05) is 5.69 Å². The number of nitrogens with zero attached hydrogens (tertiary/aromatic N) is 1. The van der Waals surface area contributed by atoms with Crippen molar-refractivity contribution in [2.24, 2.45) is 16.8 Å². The molecular formula is C13H19N3O2. The third kappa shape index (κ3) is 3.48. The molecule has 0 heterocycles. The van der Waals surface area contributed by atoms with Crippen molar-refractivity contribution in [2.45, 2.75) is 26.7 Å². The van der Waals surface area contributed by atoms with Crippen molar-refractivity contribution in [1.82, 2.24) is 0 Å². The Morgan fingerprint density at radius 3 is 2.72 bits per heavy atom. The number of nitrogens with two attached hydrogens (primary N) is 1. The highest BCUT2D eigenvalue weighted by atomic mass is 16.4. The number of benzene rings is 1. The molecule has 5 nitrogen and oxygen atoms in total. The van der Waals surface area contributed by atoms with Crippen molar-refractivity contribution in [1.29, 1.82) is 0 Å². The van der Waals surface area contributed by atoms with Crippen molar-refractivity contribution in [3.63, 3.8) is 0 Å². The number of amidine groups is 1. The van der Waals surface area contributed by atoms with Crippen LogP contribution in [0, 0.1) is 12.8 Å². The van der Waals surface area contributed by atoms with Gasteiger partial charge < -0.3 is 16.3 Å². The zero-order chi connectivity index (χ0) is 13.5. The molecule has 98 valence electrons. The molecule has 0 aliphatic rings. The Hall–Kier alpha value is -2.04. The number of amides is 1. The Balaban J connectivity index is 2.82. The Morgan fingerprint density at radius 2 is 2.17 bits per heavy atom. The summed E-state index contributed by atoms with van der Waals surface area (Å²) in [5.41, 5.74) is 7.25. The van der Waals surface area contributed by atoms with E-state index in [-0.39, 0.29) is 11.7 Å². The van der Waals surface area contributed by atoms with Gasteiger partial charge in [-0.3, -0.25) is 4.79 Å². The summed E-state index contributed by atoms with van der Waals surface area (Å²) in [5.74, 6) is -0.899.